The van der Waals surface area contributed by atoms with Gasteiger partial charge in [-0.2, -0.15) is 0 Å². The Hall–Kier alpha value is -3.76. The lowest BCUT2D eigenvalue weighted by Gasteiger charge is -2.27. The van der Waals surface area contributed by atoms with Crippen LogP contribution in [0.5, 0.6) is 5.75 Å². The minimum absolute atomic E-state index is 0.0186. The molecular weight excluding hydrogens is 405 g/mol. The van der Waals surface area contributed by atoms with Crippen molar-refractivity contribution in [3.05, 3.63) is 36.7 Å². The van der Waals surface area contributed by atoms with Crippen molar-refractivity contribution in [3.63, 3.8) is 0 Å². The van der Waals surface area contributed by atoms with E-state index in [1.54, 1.807) is 15.5 Å². The number of ether oxygens (including phenoxy) is 1. The van der Waals surface area contributed by atoms with E-state index in [1.807, 2.05) is 0 Å². The molecule has 5 rings (SSSR count). The van der Waals surface area contributed by atoms with E-state index in [2.05, 4.69) is 20.3 Å². The number of methoxy groups -OCH3 is 1. The molecule has 0 bridgehead atoms. The number of benzene rings is 1. The molecule has 1 aliphatic heterocycles. The van der Waals surface area contributed by atoms with E-state index in [9.17, 15) is 14.0 Å². The van der Waals surface area contributed by atoms with Crippen LogP contribution in [0.3, 0.4) is 0 Å². The average Bonchev–Trinajstić information content (AvgIpc) is 3.22. The van der Waals surface area contributed by atoms with Gasteiger partial charge in [-0.25, -0.2) is 19.3 Å². The minimum atomic E-state index is -0.670. The Morgan fingerprint density at radius 1 is 1.29 bits per heavy atom. The van der Waals surface area contributed by atoms with E-state index in [-0.39, 0.29) is 41.7 Å². The Balaban J connectivity index is 1.35. The third kappa shape index (κ3) is 3.22. The monoisotopic (exact) mass is 425 g/mol. The molecule has 0 unspecified atom stereocenters. The lowest BCUT2D eigenvalue weighted by atomic mass is 10.1. The van der Waals surface area contributed by atoms with Gasteiger partial charge in [0.1, 0.15) is 24.4 Å². The number of anilines is 2. The second-order valence-corrected chi connectivity index (χ2v) is 7.73. The molecule has 3 N–H and O–H groups in total. The Kier molecular flexibility index (Phi) is 4.45. The number of rotatable bonds is 5. The molecule has 1 saturated carbocycles. The summed E-state index contributed by atoms with van der Waals surface area (Å²) >= 11 is 0. The third-order valence-corrected chi connectivity index (χ3v) is 5.87. The highest BCUT2D eigenvalue weighted by Gasteiger charge is 2.56. The van der Waals surface area contributed by atoms with Crippen molar-refractivity contribution in [1.82, 2.24) is 24.4 Å². The van der Waals surface area contributed by atoms with Crippen LogP contribution in [-0.2, 0) is 16.1 Å². The highest BCUT2D eigenvalue weighted by atomic mass is 19.1. The summed E-state index contributed by atoms with van der Waals surface area (Å²) in [7, 11) is 1.35. The molecule has 0 radical (unpaired) electrons. The minimum Gasteiger partial charge on any atom is -0.494 e. The highest BCUT2D eigenvalue weighted by molar-refractivity contribution is 5.98. The number of likely N-dealkylation sites (tertiary alicyclic amines) is 1. The number of fused-ring (bicyclic) bond motifs is 2. The quantitative estimate of drug-likeness (QED) is 0.628. The molecule has 2 amide bonds. The number of amides is 2. The van der Waals surface area contributed by atoms with Crippen LogP contribution in [-0.4, -0.2) is 55.4 Å². The predicted molar refractivity (Wildman–Crippen MR) is 108 cm³/mol. The third-order valence-electron chi connectivity index (χ3n) is 5.87. The van der Waals surface area contributed by atoms with Gasteiger partial charge in [-0.3, -0.25) is 9.59 Å². The topological polar surface area (TPSA) is 128 Å². The second kappa shape index (κ2) is 7.18. The normalized spacial score (nSPS) is 21.7. The molecule has 1 saturated heterocycles. The first-order valence-electron chi connectivity index (χ1n) is 9.83. The van der Waals surface area contributed by atoms with Crippen molar-refractivity contribution in [2.24, 2.45) is 5.92 Å². The Morgan fingerprint density at radius 3 is 2.94 bits per heavy atom. The Labute approximate surface area is 176 Å². The standard InChI is InChI=1S/C20H20FN7O3/c1-31-14-4-2-3-11(16(14)21)26-20(30)13-6-10-5-12(10)28(13)15(29)7-27-9-25-17-18(22)23-8-24-19(17)27/h2-4,8-10,12-13H,5-7H2,1H3,(H,26,30)(H2,22,23,24)/t10-,12-,13+/m1/s1. The van der Waals surface area contributed by atoms with Crippen LogP contribution in [0.2, 0.25) is 0 Å². The van der Waals surface area contributed by atoms with Crippen LogP contribution >= 0.6 is 0 Å². The number of halogens is 1. The van der Waals surface area contributed by atoms with Gasteiger partial charge in [0.05, 0.1) is 19.1 Å². The van der Waals surface area contributed by atoms with Crippen molar-refractivity contribution >= 4 is 34.5 Å². The fourth-order valence-electron chi connectivity index (χ4n) is 4.27. The molecule has 2 aromatic heterocycles. The van der Waals surface area contributed by atoms with Crippen LogP contribution in [0.4, 0.5) is 15.9 Å². The van der Waals surface area contributed by atoms with Crippen molar-refractivity contribution in [2.45, 2.75) is 31.5 Å². The van der Waals surface area contributed by atoms with Crippen LogP contribution in [0, 0.1) is 11.7 Å². The van der Waals surface area contributed by atoms with Crippen molar-refractivity contribution in [3.8, 4) is 5.75 Å². The summed E-state index contributed by atoms with van der Waals surface area (Å²) in [6.07, 6.45) is 4.21. The molecule has 160 valence electrons. The number of piperidine rings is 1. The number of nitrogen functional groups attached to an aromatic ring is 1. The van der Waals surface area contributed by atoms with Gasteiger partial charge in [0, 0.05) is 6.04 Å². The fourth-order valence-corrected chi connectivity index (χ4v) is 4.27. The van der Waals surface area contributed by atoms with Gasteiger partial charge in [0.2, 0.25) is 11.8 Å². The smallest absolute Gasteiger partial charge is 0.247 e. The van der Waals surface area contributed by atoms with Crippen LogP contribution in [0.1, 0.15) is 12.8 Å². The molecule has 1 aliphatic carbocycles. The Morgan fingerprint density at radius 2 is 2.13 bits per heavy atom. The van der Waals surface area contributed by atoms with E-state index < -0.39 is 17.8 Å². The molecule has 3 atom stereocenters. The van der Waals surface area contributed by atoms with Gasteiger partial charge in [-0.15, -0.1) is 0 Å². The Bertz CT molecular complexity index is 1200. The number of carbonyl (C=O) groups excluding carboxylic acids is 2. The molecule has 11 heteroatoms. The van der Waals surface area contributed by atoms with Gasteiger partial charge >= 0.3 is 0 Å². The van der Waals surface area contributed by atoms with Gasteiger partial charge in [-0.1, -0.05) is 6.07 Å². The summed E-state index contributed by atoms with van der Waals surface area (Å²) in [5.41, 5.74) is 6.69. The van der Waals surface area contributed by atoms with E-state index in [1.165, 1.54) is 31.9 Å². The average molecular weight is 425 g/mol. The maximum Gasteiger partial charge on any atom is 0.247 e. The van der Waals surface area contributed by atoms with Gasteiger partial charge in [0.25, 0.3) is 0 Å². The zero-order valence-corrected chi connectivity index (χ0v) is 16.7. The van der Waals surface area contributed by atoms with Crippen LogP contribution in [0.15, 0.2) is 30.9 Å². The largest absolute Gasteiger partial charge is 0.494 e. The number of nitrogens with two attached hydrogens (primary N) is 1. The van der Waals surface area contributed by atoms with Crippen LogP contribution < -0.4 is 15.8 Å². The van der Waals surface area contributed by atoms with Gasteiger partial charge in [-0.05, 0) is 30.9 Å². The first kappa shape index (κ1) is 19.2. The molecule has 0 spiro atoms. The summed E-state index contributed by atoms with van der Waals surface area (Å²) in [5, 5.41) is 2.60. The number of nitrogens with one attached hydrogen (secondary N) is 1. The zero-order chi connectivity index (χ0) is 21.7. The van der Waals surface area contributed by atoms with Crippen molar-refractivity contribution < 1.29 is 18.7 Å². The maximum absolute atomic E-state index is 14.4. The number of imidazole rings is 1. The molecule has 3 aromatic rings. The van der Waals surface area contributed by atoms with E-state index >= 15 is 0 Å². The van der Waals surface area contributed by atoms with Crippen molar-refractivity contribution in [2.75, 3.05) is 18.2 Å². The lowest BCUT2D eigenvalue weighted by molar-refractivity contribution is -0.138. The first-order chi connectivity index (χ1) is 15.0. The predicted octanol–water partition coefficient (Wildman–Crippen LogP) is 1.18. The van der Waals surface area contributed by atoms with Gasteiger partial charge in [0.15, 0.2) is 23.0 Å². The molecule has 2 fully saturated rings. The summed E-state index contributed by atoms with van der Waals surface area (Å²) in [6.45, 7) is -0.0343. The summed E-state index contributed by atoms with van der Waals surface area (Å²) in [4.78, 5) is 39.9. The lowest BCUT2D eigenvalue weighted by Crippen LogP contribution is -2.46. The molecule has 3 heterocycles. The number of nitrogens with zero attached hydrogens (tertiary/aromatic N) is 5. The molecular formula is C20H20FN7O3. The number of aromatic nitrogens is 4. The van der Waals surface area contributed by atoms with Crippen LogP contribution in [0.25, 0.3) is 11.2 Å². The molecule has 1 aromatic carbocycles. The van der Waals surface area contributed by atoms with E-state index in [4.69, 9.17) is 10.5 Å². The molecule has 31 heavy (non-hydrogen) atoms. The van der Waals surface area contributed by atoms with Gasteiger partial charge < -0.3 is 25.3 Å². The summed E-state index contributed by atoms with van der Waals surface area (Å²) < 4.78 is 21.0. The summed E-state index contributed by atoms with van der Waals surface area (Å²) in [5.74, 6) is -0.748. The second-order valence-electron chi connectivity index (χ2n) is 7.73. The molecule has 2 aliphatic rings. The SMILES string of the molecule is COc1cccc(NC(=O)[C@@H]2C[C@H]3C[C@H]3N2C(=O)Cn2cnc3c(N)ncnc32)c1F. The summed E-state index contributed by atoms with van der Waals surface area (Å²) in [6, 6.07) is 3.87. The number of hydrogen-bond acceptors (Lipinski definition) is 7. The van der Waals surface area contributed by atoms with Crippen molar-refractivity contribution in [1.29, 1.82) is 0 Å². The number of hydrogen-bond donors (Lipinski definition) is 2. The highest BCUT2D eigenvalue weighted by Crippen LogP contribution is 2.48. The zero-order valence-electron chi connectivity index (χ0n) is 16.7. The first-order valence-corrected chi connectivity index (χ1v) is 9.83. The van der Waals surface area contributed by atoms with E-state index in [0.29, 0.717) is 17.6 Å². The molecule has 10 nitrogen and oxygen atoms in total. The maximum atomic E-state index is 14.4. The fraction of sp³-hybridized carbons (Fsp3) is 0.350. The number of carbonyl (C=O) groups is 2. The van der Waals surface area contributed by atoms with E-state index in [0.717, 1.165) is 6.42 Å².